The van der Waals surface area contributed by atoms with E-state index in [1.165, 1.54) is 5.56 Å². The second-order valence-electron chi connectivity index (χ2n) is 7.64. The smallest absolute Gasteiger partial charge is 0.410 e. The van der Waals surface area contributed by atoms with Gasteiger partial charge in [-0.15, -0.1) is 0 Å². The SMILES string of the molecule is CC(C)(C)OC(=O)N1CCC(c2cccc(CC(N)C(=O)O)c2)CC1. The molecule has 0 saturated carbocycles. The van der Waals surface area contributed by atoms with Crippen molar-refractivity contribution in [3.8, 4) is 0 Å². The van der Waals surface area contributed by atoms with Gasteiger partial charge in [-0.2, -0.15) is 0 Å². The van der Waals surface area contributed by atoms with E-state index in [0.29, 0.717) is 25.4 Å². The van der Waals surface area contributed by atoms with Crippen molar-refractivity contribution in [3.05, 3.63) is 35.4 Å². The lowest BCUT2D eigenvalue weighted by Gasteiger charge is -2.33. The highest BCUT2D eigenvalue weighted by molar-refractivity contribution is 5.73. The maximum Gasteiger partial charge on any atom is 0.410 e. The van der Waals surface area contributed by atoms with Gasteiger partial charge in [0.2, 0.25) is 0 Å². The van der Waals surface area contributed by atoms with E-state index in [4.69, 9.17) is 15.6 Å². The van der Waals surface area contributed by atoms with Crippen LogP contribution in [0.15, 0.2) is 24.3 Å². The highest BCUT2D eigenvalue weighted by Crippen LogP contribution is 2.29. The summed E-state index contributed by atoms with van der Waals surface area (Å²) in [6, 6.07) is 7.06. The number of carbonyl (C=O) groups is 2. The van der Waals surface area contributed by atoms with E-state index in [2.05, 4.69) is 6.07 Å². The van der Waals surface area contributed by atoms with Gasteiger partial charge in [-0.3, -0.25) is 4.79 Å². The molecule has 6 nitrogen and oxygen atoms in total. The minimum absolute atomic E-state index is 0.257. The van der Waals surface area contributed by atoms with Gasteiger partial charge in [0.15, 0.2) is 0 Å². The Morgan fingerprint density at radius 1 is 1.32 bits per heavy atom. The van der Waals surface area contributed by atoms with E-state index in [0.717, 1.165) is 18.4 Å². The van der Waals surface area contributed by atoms with Gasteiger partial charge < -0.3 is 20.5 Å². The van der Waals surface area contributed by atoms with Crippen molar-refractivity contribution in [2.45, 2.75) is 57.6 Å². The average molecular weight is 348 g/mol. The minimum Gasteiger partial charge on any atom is -0.480 e. The van der Waals surface area contributed by atoms with Crippen LogP contribution < -0.4 is 5.73 Å². The molecule has 1 aromatic rings. The number of hydrogen-bond acceptors (Lipinski definition) is 4. The number of carboxylic acids is 1. The number of likely N-dealkylation sites (tertiary alicyclic amines) is 1. The Kier molecular flexibility index (Phi) is 6.06. The average Bonchev–Trinajstić information content (AvgIpc) is 2.53. The van der Waals surface area contributed by atoms with Crippen LogP contribution in [0.3, 0.4) is 0 Å². The van der Waals surface area contributed by atoms with Crippen LogP contribution in [0.4, 0.5) is 4.79 Å². The van der Waals surface area contributed by atoms with E-state index in [-0.39, 0.29) is 6.09 Å². The lowest BCUT2D eigenvalue weighted by atomic mass is 9.88. The van der Waals surface area contributed by atoms with Crippen LogP contribution >= 0.6 is 0 Å². The second kappa shape index (κ2) is 7.87. The molecule has 3 N–H and O–H groups in total. The summed E-state index contributed by atoms with van der Waals surface area (Å²) in [5.41, 5.74) is 7.25. The van der Waals surface area contributed by atoms with Crippen LogP contribution in [-0.2, 0) is 16.0 Å². The minimum atomic E-state index is -0.990. The van der Waals surface area contributed by atoms with Gasteiger partial charge >= 0.3 is 12.1 Å². The van der Waals surface area contributed by atoms with Crippen LogP contribution in [0.25, 0.3) is 0 Å². The van der Waals surface area contributed by atoms with E-state index in [1.807, 2.05) is 39.0 Å². The molecule has 2 rings (SSSR count). The number of benzene rings is 1. The molecule has 0 aromatic heterocycles. The van der Waals surface area contributed by atoms with Gasteiger partial charge in [0.25, 0.3) is 0 Å². The molecular formula is C19H28N2O4. The van der Waals surface area contributed by atoms with Crippen molar-refractivity contribution >= 4 is 12.1 Å². The Morgan fingerprint density at radius 3 is 2.52 bits per heavy atom. The number of nitrogens with zero attached hydrogens (tertiary/aromatic N) is 1. The first kappa shape index (κ1) is 19.2. The predicted octanol–water partition coefficient (Wildman–Crippen LogP) is 2.76. The lowest BCUT2D eigenvalue weighted by Crippen LogP contribution is -2.41. The molecule has 0 aliphatic carbocycles. The molecule has 1 aromatic carbocycles. The van der Waals surface area contributed by atoms with Crippen molar-refractivity contribution in [2.24, 2.45) is 5.73 Å². The van der Waals surface area contributed by atoms with Crippen molar-refractivity contribution in [2.75, 3.05) is 13.1 Å². The summed E-state index contributed by atoms with van der Waals surface area (Å²) >= 11 is 0. The van der Waals surface area contributed by atoms with Gasteiger partial charge in [-0.25, -0.2) is 4.79 Å². The van der Waals surface area contributed by atoms with Gasteiger partial charge in [-0.05, 0) is 57.1 Å². The van der Waals surface area contributed by atoms with Crippen molar-refractivity contribution in [1.82, 2.24) is 4.90 Å². The van der Waals surface area contributed by atoms with Crippen molar-refractivity contribution in [1.29, 1.82) is 0 Å². The molecule has 1 heterocycles. The fourth-order valence-electron chi connectivity index (χ4n) is 3.04. The fraction of sp³-hybridized carbons (Fsp3) is 0.579. The molecule has 138 valence electrons. The van der Waals surface area contributed by atoms with Gasteiger partial charge in [0.05, 0.1) is 0 Å². The fourth-order valence-corrected chi connectivity index (χ4v) is 3.04. The number of carboxylic acid groups (broad SMARTS) is 1. The Hall–Kier alpha value is -2.08. The molecule has 1 saturated heterocycles. The molecule has 0 radical (unpaired) electrons. The molecule has 1 aliphatic heterocycles. The quantitative estimate of drug-likeness (QED) is 0.873. The largest absolute Gasteiger partial charge is 0.480 e. The third kappa shape index (κ3) is 5.74. The maximum atomic E-state index is 12.1. The Labute approximate surface area is 149 Å². The maximum absolute atomic E-state index is 12.1. The van der Waals surface area contributed by atoms with E-state index >= 15 is 0 Å². The number of ether oxygens (including phenoxy) is 1. The molecule has 0 spiro atoms. The lowest BCUT2D eigenvalue weighted by molar-refractivity contribution is -0.138. The molecule has 1 fully saturated rings. The monoisotopic (exact) mass is 348 g/mol. The topological polar surface area (TPSA) is 92.9 Å². The van der Waals surface area contributed by atoms with Crippen LogP contribution in [0.2, 0.25) is 0 Å². The summed E-state index contributed by atoms with van der Waals surface area (Å²) < 4.78 is 5.42. The third-order valence-corrected chi connectivity index (χ3v) is 4.34. The number of rotatable bonds is 4. The number of nitrogens with two attached hydrogens (primary N) is 1. The Balaban J connectivity index is 1.94. The zero-order chi connectivity index (χ0) is 18.6. The van der Waals surface area contributed by atoms with Gasteiger partial charge in [-0.1, -0.05) is 24.3 Å². The Morgan fingerprint density at radius 2 is 1.96 bits per heavy atom. The molecule has 1 aliphatic rings. The van der Waals surface area contributed by atoms with E-state index in [1.54, 1.807) is 4.90 Å². The number of piperidine rings is 1. The standard InChI is InChI=1S/C19H28N2O4/c1-19(2,3)25-18(24)21-9-7-14(8-10-21)15-6-4-5-13(11-15)12-16(20)17(22)23/h4-6,11,14,16H,7-10,12,20H2,1-3H3,(H,22,23). The Bertz CT molecular complexity index is 616. The summed E-state index contributed by atoms with van der Waals surface area (Å²) in [7, 11) is 0. The van der Waals surface area contributed by atoms with Crippen LogP contribution in [0, 0.1) is 0 Å². The molecule has 6 heteroatoms. The van der Waals surface area contributed by atoms with E-state index < -0.39 is 17.6 Å². The van der Waals surface area contributed by atoms with Crippen LogP contribution in [0.1, 0.15) is 50.7 Å². The molecule has 1 atom stereocenters. The number of aliphatic carboxylic acids is 1. The second-order valence-corrected chi connectivity index (χ2v) is 7.64. The number of amides is 1. The third-order valence-electron chi connectivity index (χ3n) is 4.34. The number of carbonyl (C=O) groups excluding carboxylic acids is 1. The van der Waals surface area contributed by atoms with Gasteiger partial charge in [0, 0.05) is 13.1 Å². The summed E-state index contributed by atoms with van der Waals surface area (Å²) in [5.74, 6) is -0.629. The highest BCUT2D eigenvalue weighted by Gasteiger charge is 2.27. The molecular weight excluding hydrogens is 320 g/mol. The summed E-state index contributed by atoms with van der Waals surface area (Å²) in [6.45, 7) is 6.93. The van der Waals surface area contributed by atoms with E-state index in [9.17, 15) is 9.59 Å². The van der Waals surface area contributed by atoms with Crippen molar-refractivity contribution in [3.63, 3.8) is 0 Å². The zero-order valence-corrected chi connectivity index (χ0v) is 15.2. The van der Waals surface area contributed by atoms with Crippen LogP contribution in [0.5, 0.6) is 0 Å². The van der Waals surface area contributed by atoms with Gasteiger partial charge in [0.1, 0.15) is 11.6 Å². The highest BCUT2D eigenvalue weighted by atomic mass is 16.6. The molecule has 0 bridgehead atoms. The first-order valence-electron chi connectivity index (χ1n) is 8.71. The summed E-state index contributed by atoms with van der Waals surface area (Å²) in [6.07, 6.45) is 1.80. The molecule has 25 heavy (non-hydrogen) atoms. The van der Waals surface area contributed by atoms with Crippen molar-refractivity contribution < 1.29 is 19.4 Å². The molecule has 1 amide bonds. The summed E-state index contributed by atoms with van der Waals surface area (Å²) in [5, 5.41) is 8.95. The summed E-state index contributed by atoms with van der Waals surface area (Å²) in [4.78, 5) is 24.8. The van der Waals surface area contributed by atoms with Crippen LogP contribution in [-0.4, -0.2) is 46.8 Å². The predicted molar refractivity (Wildman–Crippen MR) is 95.5 cm³/mol. The first-order valence-corrected chi connectivity index (χ1v) is 8.71. The molecule has 1 unspecified atom stereocenters. The zero-order valence-electron chi connectivity index (χ0n) is 15.2. The normalized spacial score (nSPS) is 17.2. The first-order chi connectivity index (χ1) is 11.7. The number of hydrogen-bond donors (Lipinski definition) is 2.